The molecule has 17 heavy (non-hydrogen) atoms. The van der Waals surface area contributed by atoms with E-state index in [-0.39, 0.29) is 17.3 Å². The van der Waals surface area contributed by atoms with Crippen LogP contribution < -0.4 is 10.0 Å². The summed E-state index contributed by atoms with van der Waals surface area (Å²) in [7, 11) is -3.60. The van der Waals surface area contributed by atoms with E-state index in [1.807, 2.05) is 6.92 Å². The fourth-order valence-electron chi connectivity index (χ4n) is 1.22. The van der Waals surface area contributed by atoms with Crippen LogP contribution in [0.2, 0.25) is 0 Å². The van der Waals surface area contributed by atoms with Crippen LogP contribution in [-0.2, 0) is 14.8 Å². The minimum atomic E-state index is -3.60. The minimum Gasteiger partial charge on any atom is -0.355 e. The Morgan fingerprint density at radius 2 is 1.82 bits per heavy atom. The van der Waals surface area contributed by atoms with E-state index in [1.54, 1.807) is 19.1 Å². The van der Waals surface area contributed by atoms with Gasteiger partial charge in [0, 0.05) is 6.54 Å². The predicted octanol–water partition coefficient (Wildman–Crippen LogP) is 0.409. The molecule has 0 radical (unpaired) electrons. The summed E-state index contributed by atoms with van der Waals surface area (Å²) in [5.41, 5.74) is 0.979. The third kappa shape index (κ3) is 4.16. The molecule has 5 nitrogen and oxygen atoms in total. The van der Waals surface area contributed by atoms with Crippen molar-refractivity contribution in [3.8, 4) is 0 Å². The predicted molar refractivity (Wildman–Crippen MR) is 65.1 cm³/mol. The second-order valence-electron chi connectivity index (χ2n) is 3.59. The minimum absolute atomic E-state index is 0.160. The van der Waals surface area contributed by atoms with E-state index in [0.717, 1.165) is 5.56 Å². The Hall–Kier alpha value is -1.40. The van der Waals surface area contributed by atoms with E-state index >= 15 is 0 Å². The number of carbonyl (C=O) groups excluding carboxylic acids is 1. The molecule has 1 amide bonds. The molecule has 0 spiro atoms. The quantitative estimate of drug-likeness (QED) is 0.801. The first kappa shape index (κ1) is 13.7. The molecule has 0 aliphatic carbocycles. The molecule has 0 saturated heterocycles. The second-order valence-corrected chi connectivity index (χ2v) is 5.36. The Bertz CT molecular complexity index is 480. The molecule has 0 saturated carbocycles. The van der Waals surface area contributed by atoms with Crippen LogP contribution in [0.3, 0.4) is 0 Å². The van der Waals surface area contributed by atoms with Gasteiger partial charge in [0.15, 0.2) is 0 Å². The molecule has 0 fully saturated rings. The zero-order chi connectivity index (χ0) is 12.9. The Kier molecular flexibility index (Phi) is 4.65. The SMILES string of the molecule is CCNC(=O)CNS(=O)(=O)c1ccc(C)cc1. The summed E-state index contributed by atoms with van der Waals surface area (Å²) in [5.74, 6) is -0.344. The van der Waals surface area contributed by atoms with Crippen molar-refractivity contribution in [1.29, 1.82) is 0 Å². The lowest BCUT2D eigenvalue weighted by Gasteiger charge is -2.06. The molecule has 0 aliphatic heterocycles. The summed E-state index contributed by atoms with van der Waals surface area (Å²) in [4.78, 5) is 11.3. The van der Waals surface area contributed by atoms with Crippen molar-refractivity contribution in [3.63, 3.8) is 0 Å². The van der Waals surface area contributed by atoms with E-state index in [9.17, 15) is 13.2 Å². The summed E-state index contributed by atoms with van der Waals surface area (Å²) in [6.07, 6.45) is 0. The van der Waals surface area contributed by atoms with Gasteiger partial charge in [0.1, 0.15) is 0 Å². The van der Waals surface area contributed by atoms with Crippen LogP contribution in [0.5, 0.6) is 0 Å². The van der Waals surface area contributed by atoms with Gasteiger partial charge in [-0.3, -0.25) is 4.79 Å². The zero-order valence-electron chi connectivity index (χ0n) is 9.86. The smallest absolute Gasteiger partial charge is 0.241 e. The van der Waals surface area contributed by atoms with Crippen molar-refractivity contribution in [2.24, 2.45) is 0 Å². The number of rotatable bonds is 5. The molecule has 6 heteroatoms. The van der Waals surface area contributed by atoms with Gasteiger partial charge in [-0.15, -0.1) is 0 Å². The van der Waals surface area contributed by atoms with Gasteiger partial charge in [-0.05, 0) is 26.0 Å². The first-order valence-electron chi connectivity index (χ1n) is 5.28. The van der Waals surface area contributed by atoms with Crippen LogP contribution in [0.1, 0.15) is 12.5 Å². The number of aryl methyl sites for hydroxylation is 1. The zero-order valence-corrected chi connectivity index (χ0v) is 10.7. The lowest BCUT2D eigenvalue weighted by atomic mass is 10.2. The molecule has 0 unspecified atom stereocenters. The molecule has 0 bridgehead atoms. The van der Waals surface area contributed by atoms with Crippen molar-refractivity contribution in [3.05, 3.63) is 29.8 Å². The van der Waals surface area contributed by atoms with Crippen molar-refractivity contribution < 1.29 is 13.2 Å². The Labute approximate surface area is 101 Å². The molecule has 0 heterocycles. The maximum absolute atomic E-state index is 11.8. The lowest BCUT2D eigenvalue weighted by molar-refractivity contribution is -0.119. The molecule has 0 aliphatic rings. The van der Waals surface area contributed by atoms with Crippen molar-refractivity contribution in [2.45, 2.75) is 18.7 Å². The number of benzene rings is 1. The van der Waals surface area contributed by atoms with E-state index in [4.69, 9.17) is 0 Å². The fourth-order valence-corrected chi connectivity index (χ4v) is 2.20. The van der Waals surface area contributed by atoms with E-state index in [1.165, 1.54) is 12.1 Å². The van der Waals surface area contributed by atoms with Gasteiger partial charge in [-0.2, -0.15) is 0 Å². The molecule has 1 rings (SSSR count). The maximum Gasteiger partial charge on any atom is 0.241 e. The molecule has 2 N–H and O–H groups in total. The third-order valence-electron chi connectivity index (χ3n) is 2.13. The highest BCUT2D eigenvalue weighted by molar-refractivity contribution is 7.89. The monoisotopic (exact) mass is 256 g/mol. The normalized spacial score (nSPS) is 11.2. The summed E-state index contributed by atoms with van der Waals surface area (Å²) >= 11 is 0. The average molecular weight is 256 g/mol. The largest absolute Gasteiger partial charge is 0.355 e. The highest BCUT2D eigenvalue weighted by Gasteiger charge is 2.14. The highest BCUT2D eigenvalue weighted by atomic mass is 32.2. The van der Waals surface area contributed by atoms with Crippen LogP contribution in [0.15, 0.2) is 29.2 Å². The summed E-state index contributed by atoms with van der Waals surface area (Å²) in [6, 6.07) is 6.44. The molecule has 94 valence electrons. The number of carbonyl (C=O) groups is 1. The molecule has 1 aromatic rings. The number of hydrogen-bond donors (Lipinski definition) is 2. The summed E-state index contributed by atoms with van der Waals surface area (Å²) in [6.45, 7) is 3.88. The summed E-state index contributed by atoms with van der Waals surface area (Å²) < 4.78 is 25.8. The van der Waals surface area contributed by atoms with Crippen LogP contribution in [-0.4, -0.2) is 27.4 Å². The maximum atomic E-state index is 11.8. The number of likely N-dealkylation sites (N-methyl/N-ethyl adjacent to an activating group) is 1. The van der Waals surface area contributed by atoms with Gasteiger partial charge < -0.3 is 5.32 Å². The third-order valence-corrected chi connectivity index (χ3v) is 3.55. The van der Waals surface area contributed by atoms with Crippen LogP contribution in [0.4, 0.5) is 0 Å². The van der Waals surface area contributed by atoms with Crippen LogP contribution >= 0.6 is 0 Å². The summed E-state index contributed by atoms with van der Waals surface area (Å²) in [5, 5.41) is 2.51. The van der Waals surface area contributed by atoms with Gasteiger partial charge in [0.2, 0.25) is 15.9 Å². The number of nitrogens with one attached hydrogen (secondary N) is 2. The van der Waals surface area contributed by atoms with Crippen LogP contribution in [0.25, 0.3) is 0 Å². The molecule has 1 aromatic carbocycles. The fraction of sp³-hybridized carbons (Fsp3) is 0.364. The van der Waals surface area contributed by atoms with Crippen molar-refractivity contribution in [2.75, 3.05) is 13.1 Å². The Balaban J connectivity index is 2.69. The van der Waals surface area contributed by atoms with Gasteiger partial charge in [0.05, 0.1) is 11.4 Å². The van der Waals surface area contributed by atoms with Gasteiger partial charge in [-0.25, -0.2) is 13.1 Å². The van der Waals surface area contributed by atoms with Crippen molar-refractivity contribution >= 4 is 15.9 Å². The van der Waals surface area contributed by atoms with Crippen molar-refractivity contribution in [1.82, 2.24) is 10.0 Å². The average Bonchev–Trinajstić information content (AvgIpc) is 2.28. The van der Waals surface area contributed by atoms with Gasteiger partial charge in [-0.1, -0.05) is 17.7 Å². The van der Waals surface area contributed by atoms with Crippen LogP contribution in [0, 0.1) is 6.92 Å². The number of hydrogen-bond acceptors (Lipinski definition) is 3. The molecule has 0 atom stereocenters. The van der Waals surface area contributed by atoms with E-state index in [2.05, 4.69) is 10.0 Å². The Morgan fingerprint density at radius 3 is 2.35 bits per heavy atom. The standard InChI is InChI=1S/C11H16N2O3S/c1-3-12-11(14)8-13-17(15,16)10-6-4-9(2)5-7-10/h4-7,13H,3,8H2,1-2H3,(H,12,14). The lowest BCUT2D eigenvalue weighted by Crippen LogP contribution is -2.36. The first-order chi connectivity index (χ1) is 7.95. The number of sulfonamides is 1. The first-order valence-corrected chi connectivity index (χ1v) is 6.77. The molecule has 0 aromatic heterocycles. The van der Waals surface area contributed by atoms with Gasteiger partial charge in [0.25, 0.3) is 0 Å². The van der Waals surface area contributed by atoms with Gasteiger partial charge >= 0.3 is 0 Å². The molecular weight excluding hydrogens is 240 g/mol. The molecular formula is C11H16N2O3S. The Morgan fingerprint density at radius 1 is 1.24 bits per heavy atom. The van der Waals surface area contributed by atoms with E-state index in [0.29, 0.717) is 6.54 Å². The van der Waals surface area contributed by atoms with E-state index < -0.39 is 10.0 Å². The topological polar surface area (TPSA) is 75.3 Å². The number of amides is 1. The highest BCUT2D eigenvalue weighted by Crippen LogP contribution is 2.09. The second kappa shape index (κ2) is 5.79.